The van der Waals surface area contributed by atoms with Crippen molar-refractivity contribution in [3.05, 3.63) is 65.2 Å². The predicted octanol–water partition coefficient (Wildman–Crippen LogP) is 1.73. The van der Waals surface area contributed by atoms with Gasteiger partial charge in [0.2, 0.25) is 10.0 Å². The van der Waals surface area contributed by atoms with Crippen LogP contribution in [0.3, 0.4) is 0 Å². The lowest BCUT2D eigenvalue weighted by molar-refractivity contribution is -0.0907. The molecule has 3 fully saturated rings. The zero-order valence-electron chi connectivity index (χ0n) is 23.1. The second-order valence-electron chi connectivity index (χ2n) is 10.8. The van der Waals surface area contributed by atoms with Gasteiger partial charge in [-0.15, -0.1) is 0 Å². The number of aryl methyl sites for hydroxylation is 1. The molecule has 3 saturated heterocycles. The minimum Gasteiger partial charge on any atom is -0.443 e. The van der Waals surface area contributed by atoms with Gasteiger partial charge in [-0.25, -0.2) is 13.2 Å². The number of aliphatic hydroxyl groups is 2. The van der Waals surface area contributed by atoms with E-state index < -0.39 is 40.4 Å². The Morgan fingerprint density at radius 2 is 1.93 bits per heavy atom. The minimum atomic E-state index is -4.08. The number of alkyl carbamates (subject to hydrolysis) is 1. The number of aliphatic hydroxyl groups excluding tert-OH is 2. The van der Waals surface area contributed by atoms with Gasteiger partial charge in [0.05, 0.1) is 55.4 Å². The lowest BCUT2D eigenvalue weighted by Gasteiger charge is -2.32. The Bertz CT molecular complexity index is 1290. The van der Waals surface area contributed by atoms with E-state index >= 15 is 0 Å². The molecule has 6 atom stereocenters. The first-order valence-corrected chi connectivity index (χ1v) is 15.4. The highest BCUT2D eigenvalue weighted by Crippen LogP contribution is 2.33. The van der Waals surface area contributed by atoms with Crippen LogP contribution in [0.1, 0.15) is 29.5 Å². The van der Waals surface area contributed by atoms with Gasteiger partial charge < -0.3 is 34.5 Å². The molecule has 224 valence electrons. The Labute approximate surface area is 240 Å². The largest absolute Gasteiger partial charge is 0.443 e. The van der Waals surface area contributed by atoms with Gasteiger partial charge in [-0.3, -0.25) is 0 Å². The maximum absolute atomic E-state index is 13.9. The van der Waals surface area contributed by atoms with E-state index in [1.54, 1.807) is 13.0 Å². The quantitative estimate of drug-likeness (QED) is 0.356. The van der Waals surface area contributed by atoms with E-state index in [2.05, 4.69) is 5.32 Å². The van der Waals surface area contributed by atoms with Gasteiger partial charge in [0.25, 0.3) is 0 Å². The van der Waals surface area contributed by atoms with Gasteiger partial charge in [-0.1, -0.05) is 36.4 Å². The number of carbonyl (C=O) groups is 1. The van der Waals surface area contributed by atoms with Crippen molar-refractivity contribution in [1.82, 2.24) is 9.62 Å². The maximum atomic E-state index is 13.9. The van der Waals surface area contributed by atoms with Crippen molar-refractivity contribution >= 4 is 16.1 Å². The fraction of sp³-hybridized carbons (Fsp3) is 0.552. The van der Waals surface area contributed by atoms with E-state index in [1.807, 2.05) is 30.3 Å². The molecular weight excluding hydrogens is 552 g/mol. The van der Waals surface area contributed by atoms with Crippen molar-refractivity contribution in [2.75, 3.05) is 33.0 Å². The average molecular weight is 591 g/mol. The summed E-state index contributed by atoms with van der Waals surface area (Å²) >= 11 is 0. The first-order chi connectivity index (χ1) is 19.8. The molecule has 5 rings (SSSR count). The van der Waals surface area contributed by atoms with Crippen LogP contribution in [0, 0.1) is 12.8 Å². The summed E-state index contributed by atoms with van der Waals surface area (Å²) in [6.07, 6.45) is -1.38. The molecule has 0 radical (unpaired) electrons. The van der Waals surface area contributed by atoms with Crippen LogP contribution < -0.4 is 5.32 Å². The summed E-state index contributed by atoms with van der Waals surface area (Å²) in [5, 5.41) is 24.0. The third-order valence-corrected chi connectivity index (χ3v) is 10.0. The predicted molar refractivity (Wildman–Crippen MR) is 147 cm³/mol. The number of amides is 1. The number of carbonyl (C=O) groups excluding carboxylic acids is 1. The van der Waals surface area contributed by atoms with E-state index in [0.717, 1.165) is 17.5 Å². The fourth-order valence-electron chi connectivity index (χ4n) is 5.64. The van der Waals surface area contributed by atoms with E-state index in [-0.39, 0.29) is 49.9 Å². The zero-order chi connectivity index (χ0) is 29.0. The van der Waals surface area contributed by atoms with Crippen molar-refractivity contribution in [1.29, 1.82) is 0 Å². The number of ether oxygens (including phenoxy) is 4. The molecular formula is C29H38N2O9S. The number of fused-ring (bicyclic) bond motifs is 1. The topological polar surface area (TPSA) is 144 Å². The molecule has 3 aliphatic heterocycles. The summed E-state index contributed by atoms with van der Waals surface area (Å²) < 4.78 is 51.4. The number of hydrogen-bond donors (Lipinski definition) is 3. The van der Waals surface area contributed by atoms with Crippen LogP contribution in [0.15, 0.2) is 53.4 Å². The Kier molecular flexibility index (Phi) is 9.59. The Morgan fingerprint density at radius 3 is 2.66 bits per heavy atom. The van der Waals surface area contributed by atoms with E-state index in [4.69, 9.17) is 18.9 Å². The molecule has 3 unspecified atom stereocenters. The summed E-state index contributed by atoms with van der Waals surface area (Å²) in [7, 11) is -4.08. The summed E-state index contributed by atoms with van der Waals surface area (Å²) in [5.74, 6) is -0.0421. The highest BCUT2D eigenvalue weighted by atomic mass is 32.2. The van der Waals surface area contributed by atoms with Gasteiger partial charge in [0.1, 0.15) is 6.10 Å². The van der Waals surface area contributed by atoms with Gasteiger partial charge >= 0.3 is 6.09 Å². The van der Waals surface area contributed by atoms with Gasteiger partial charge in [-0.05, 0) is 55.0 Å². The van der Waals surface area contributed by atoms with Crippen LogP contribution >= 0.6 is 0 Å². The van der Waals surface area contributed by atoms with Crippen LogP contribution in [0.5, 0.6) is 0 Å². The van der Waals surface area contributed by atoms with Crippen molar-refractivity contribution < 1.29 is 42.4 Å². The molecule has 3 aliphatic rings. The highest BCUT2D eigenvalue weighted by molar-refractivity contribution is 7.89. The van der Waals surface area contributed by atoms with Crippen molar-refractivity contribution in [2.45, 2.75) is 68.3 Å². The Morgan fingerprint density at radius 1 is 1.12 bits per heavy atom. The molecule has 11 nitrogen and oxygen atoms in total. The lowest BCUT2D eigenvalue weighted by atomic mass is 10.0. The van der Waals surface area contributed by atoms with Crippen LogP contribution in [0.4, 0.5) is 4.79 Å². The molecule has 0 aliphatic carbocycles. The number of rotatable bonds is 11. The molecule has 0 aromatic heterocycles. The zero-order valence-corrected chi connectivity index (χ0v) is 23.9. The molecule has 3 N–H and O–H groups in total. The first kappa shape index (κ1) is 29.9. The van der Waals surface area contributed by atoms with E-state index in [1.165, 1.54) is 16.4 Å². The number of hydrogen-bond acceptors (Lipinski definition) is 9. The summed E-state index contributed by atoms with van der Waals surface area (Å²) in [4.78, 5) is 13.1. The molecule has 12 heteroatoms. The van der Waals surface area contributed by atoms with E-state index in [9.17, 15) is 23.4 Å². The monoisotopic (exact) mass is 590 g/mol. The van der Waals surface area contributed by atoms with Gasteiger partial charge in [0.15, 0.2) is 6.29 Å². The molecule has 2 aromatic carbocycles. The maximum Gasteiger partial charge on any atom is 0.407 e. The third kappa shape index (κ3) is 6.91. The van der Waals surface area contributed by atoms with Gasteiger partial charge in [0, 0.05) is 13.2 Å². The van der Waals surface area contributed by atoms with Crippen LogP contribution in [0.25, 0.3) is 0 Å². The highest BCUT2D eigenvalue weighted by Gasteiger charge is 2.44. The third-order valence-electron chi connectivity index (χ3n) is 8.09. The van der Waals surface area contributed by atoms with Crippen LogP contribution in [-0.4, -0.2) is 92.6 Å². The van der Waals surface area contributed by atoms with Crippen molar-refractivity contribution in [3.63, 3.8) is 0 Å². The van der Waals surface area contributed by atoms with E-state index in [0.29, 0.717) is 25.2 Å². The van der Waals surface area contributed by atoms with Crippen LogP contribution in [-0.2, 0) is 42.0 Å². The Balaban J connectivity index is 1.36. The van der Waals surface area contributed by atoms with Crippen LogP contribution in [0.2, 0.25) is 0 Å². The lowest BCUT2D eigenvalue weighted by Crippen LogP contribution is -2.53. The number of nitrogens with zero attached hydrogens (tertiary/aromatic N) is 1. The molecule has 2 aromatic rings. The SMILES string of the molecule is Cc1ccc(S(=O)(=O)N(C[C@@H](O)[C@H](Cc2ccccc2)NC(=O)OC2CO[C@H]3OCCC23)C2CCOC2)cc1CO. The van der Waals surface area contributed by atoms with Crippen molar-refractivity contribution in [2.24, 2.45) is 5.92 Å². The fourth-order valence-corrected chi connectivity index (χ4v) is 7.35. The molecule has 0 saturated carbocycles. The summed E-state index contributed by atoms with van der Waals surface area (Å²) in [6, 6.07) is 12.6. The molecule has 41 heavy (non-hydrogen) atoms. The molecule has 0 spiro atoms. The molecule has 3 heterocycles. The smallest absolute Gasteiger partial charge is 0.407 e. The second kappa shape index (κ2) is 13.2. The van der Waals surface area contributed by atoms with Gasteiger partial charge in [-0.2, -0.15) is 4.31 Å². The normalized spacial score (nSPS) is 25.7. The first-order valence-electron chi connectivity index (χ1n) is 14.0. The van der Waals surface area contributed by atoms with Crippen molar-refractivity contribution in [3.8, 4) is 0 Å². The number of sulfonamides is 1. The molecule has 1 amide bonds. The summed E-state index contributed by atoms with van der Waals surface area (Å²) in [6.45, 7) is 2.59. The number of benzene rings is 2. The standard InChI is InChI=1S/C29H38N2O9S/c1-19-7-8-23(14-21(19)16-32)41(35,36)31(22-9-11-37-17-22)15-26(33)25(13-20-5-3-2-4-6-20)30-29(34)40-27-18-39-28-24(27)10-12-38-28/h2-8,14,22,24-28,32-33H,9-13,15-18H2,1H3,(H,30,34)/t22?,24?,25-,26+,27?,28+/m0/s1. The minimum absolute atomic E-state index is 0.0211. The average Bonchev–Trinajstić information content (AvgIpc) is 3.73. The second-order valence-corrected chi connectivity index (χ2v) is 12.7. The molecule has 0 bridgehead atoms. The number of nitrogens with one attached hydrogen (secondary N) is 1. The Hall–Kier alpha value is -2.58. The summed E-state index contributed by atoms with van der Waals surface area (Å²) in [5.41, 5.74) is 2.14.